The van der Waals surface area contributed by atoms with Crippen LogP contribution in [-0.2, 0) is 26.3 Å². The molecule has 158 valence electrons. The van der Waals surface area contributed by atoms with Crippen LogP contribution in [0.3, 0.4) is 0 Å². The third kappa shape index (κ3) is 4.05. The minimum atomic E-state index is -0.755. The SMILES string of the molecule is COc1cccc([C@]2(C(=O)NCCOCc3ccccc3)C[C@@H]3CCC(=O)N3C2)c1. The highest BCUT2D eigenvalue weighted by Gasteiger charge is 2.53. The van der Waals surface area contributed by atoms with Gasteiger partial charge >= 0.3 is 0 Å². The van der Waals surface area contributed by atoms with E-state index in [9.17, 15) is 9.59 Å². The number of carbonyl (C=O) groups is 2. The molecule has 30 heavy (non-hydrogen) atoms. The fourth-order valence-corrected chi connectivity index (χ4v) is 4.58. The second kappa shape index (κ2) is 8.88. The molecule has 2 aromatic rings. The number of amides is 2. The minimum absolute atomic E-state index is 0.0544. The standard InChI is InChI=1S/C24H28N2O4/c1-29-21-9-5-8-19(14-21)24(15-20-10-11-22(27)26(20)17-24)23(28)25-12-13-30-16-18-6-3-2-4-7-18/h2-9,14,20H,10-13,15-17H2,1H3,(H,25,28)/t20-,24-/m0/s1. The first-order chi connectivity index (χ1) is 14.6. The summed E-state index contributed by atoms with van der Waals surface area (Å²) < 4.78 is 11.1. The number of rotatable bonds is 8. The van der Waals surface area contributed by atoms with Crippen LogP contribution in [0.4, 0.5) is 0 Å². The molecule has 2 saturated heterocycles. The number of methoxy groups -OCH3 is 1. The number of carbonyl (C=O) groups excluding carboxylic acids is 2. The summed E-state index contributed by atoms with van der Waals surface area (Å²) in [5.74, 6) is 0.800. The van der Waals surface area contributed by atoms with E-state index in [0.717, 1.165) is 17.5 Å². The van der Waals surface area contributed by atoms with E-state index in [1.807, 2.05) is 59.5 Å². The molecular formula is C24H28N2O4. The fraction of sp³-hybridized carbons (Fsp3) is 0.417. The van der Waals surface area contributed by atoms with E-state index in [-0.39, 0.29) is 17.9 Å². The molecular weight excluding hydrogens is 380 g/mol. The van der Waals surface area contributed by atoms with E-state index in [1.165, 1.54) is 0 Å². The Kier molecular flexibility index (Phi) is 6.04. The summed E-state index contributed by atoms with van der Waals surface area (Å²) in [6, 6.07) is 17.7. The molecule has 0 aliphatic carbocycles. The van der Waals surface area contributed by atoms with Gasteiger partial charge in [0, 0.05) is 25.6 Å². The molecule has 0 aromatic heterocycles. The zero-order valence-corrected chi connectivity index (χ0v) is 17.3. The molecule has 2 fully saturated rings. The monoisotopic (exact) mass is 408 g/mol. The predicted molar refractivity (Wildman–Crippen MR) is 113 cm³/mol. The molecule has 0 radical (unpaired) electrons. The smallest absolute Gasteiger partial charge is 0.232 e. The maximum Gasteiger partial charge on any atom is 0.232 e. The average Bonchev–Trinajstić information content (AvgIpc) is 3.34. The number of hydrogen-bond donors (Lipinski definition) is 1. The van der Waals surface area contributed by atoms with E-state index < -0.39 is 5.41 Å². The molecule has 0 unspecified atom stereocenters. The average molecular weight is 408 g/mol. The molecule has 2 aliphatic rings. The Morgan fingerprint density at radius 2 is 2.03 bits per heavy atom. The van der Waals surface area contributed by atoms with Crippen LogP contribution in [0.2, 0.25) is 0 Å². The van der Waals surface area contributed by atoms with Gasteiger partial charge in [0.25, 0.3) is 0 Å². The second-order valence-corrected chi connectivity index (χ2v) is 8.03. The highest BCUT2D eigenvalue weighted by Crippen LogP contribution is 2.43. The summed E-state index contributed by atoms with van der Waals surface area (Å²) in [4.78, 5) is 27.6. The van der Waals surface area contributed by atoms with Gasteiger partial charge in [0.15, 0.2) is 0 Å². The Bertz CT molecular complexity index is 901. The molecule has 2 aromatic carbocycles. The molecule has 2 heterocycles. The normalized spacial score (nSPS) is 22.8. The van der Waals surface area contributed by atoms with Crippen molar-refractivity contribution >= 4 is 11.8 Å². The van der Waals surface area contributed by atoms with Crippen LogP contribution in [0, 0.1) is 0 Å². The van der Waals surface area contributed by atoms with Crippen LogP contribution < -0.4 is 10.1 Å². The highest BCUT2D eigenvalue weighted by molar-refractivity contribution is 5.91. The van der Waals surface area contributed by atoms with Gasteiger partial charge in [-0.3, -0.25) is 9.59 Å². The first-order valence-electron chi connectivity index (χ1n) is 10.5. The quantitative estimate of drug-likeness (QED) is 0.682. The number of fused-ring (bicyclic) bond motifs is 1. The van der Waals surface area contributed by atoms with E-state index >= 15 is 0 Å². The zero-order chi connectivity index (χ0) is 21.0. The number of ether oxygens (including phenoxy) is 2. The lowest BCUT2D eigenvalue weighted by atomic mass is 9.76. The predicted octanol–water partition coefficient (Wildman–Crippen LogP) is 2.66. The van der Waals surface area contributed by atoms with Gasteiger partial charge in [-0.15, -0.1) is 0 Å². The maximum atomic E-state index is 13.4. The van der Waals surface area contributed by atoms with Gasteiger partial charge in [-0.2, -0.15) is 0 Å². The van der Waals surface area contributed by atoms with Crippen molar-refractivity contribution in [2.45, 2.75) is 37.3 Å². The van der Waals surface area contributed by atoms with E-state index in [1.54, 1.807) is 7.11 Å². The number of hydrogen-bond acceptors (Lipinski definition) is 4. The van der Waals surface area contributed by atoms with Gasteiger partial charge in [0.05, 0.1) is 25.7 Å². The Balaban J connectivity index is 1.43. The molecule has 0 bridgehead atoms. The molecule has 2 amide bonds. The summed E-state index contributed by atoms with van der Waals surface area (Å²) in [6.07, 6.45) is 2.04. The summed E-state index contributed by atoms with van der Waals surface area (Å²) in [5.41, 5.74) is 1.24. The number of nitrogens with one attached hydrogen (secondary N) is 1. The molecule has 6 nitrogen and oxygen atoms in total. The number of benzene rings is 2. The van der Waals surface area contributed by atoms with Crippen LogP contribution in [0.15, 0.2) is 54.6 Å². The van der Waals surface area contributed by atoms with Crippen molar-refractivity contribution in [1.29, 1.82) is 0 Å². The Hall–Kier alpha value is -2.86. The fourth-order valence-electron chi connectivity index (χ4n) is 4.58. The van der Waals surface area contributed by atoms with Crippen LogP contribution >= 0.6 is 0 Å². The highest BCUT2D eigenvalue weighted by atomic mass is 16.5. The van der Waals surface area contributed by atoms with Gasteiger partial charge in [-0.05, 0) is 36.1 Å². The topological polar surface area (TPSA) is 67.9 Å². The molecule has 2 atom stereocenters. The van der Waals surface area contributed by atoms with Crippen LogP contribution in [0.25, 0.3) is 0 Å². The van der Waals surface area contributed by atoms with Crippen molar-refractivity contribution in [3.63, 3.8) is 0 Å². The molecule has 4 rings (SSSR count). The van der Waals surface area contributed by atoms with E-state index in [0.29, 0.717) is 44.9 Å². The molecule has 0 saturated carbocycles. The molecule has 0 spiro atoms. The lowest BCUT2D eigenvalue weighted by Gasteiger charge is -2.29. The van der Waals surface area contributed by atoms with Crippen molar-refractivity contribution in [1.82, 2.24) is 10.2 Å². The van der Waals surface area contributed by atoms with Gasteiger partial charge in [0.2, 0.25) is 11.8 Å². The van der Waals surface area contributed by atoms with Crippen molar-refractivity contribution in [3.05, 3.63) is 65.7 Å². The molecule has 1 N–H and O–H groups in total. The minimum Gasteiger partial charge on any atom is -0.497 e. The Labute approximate surface area is 177 Å². The summed E-state index contributed by atoms with van der Waals surface area (Å²) in [5, 5.41) is 3.05. The van der Waals surface area contributed by atoms with Crippen LogP contribution in [0.1, 0.15) is 30.4 Å². The Morgan fingerprint density at radius 3 is 2.80 bits per heavy atom. The van der Waals surface area contributed by atoms with Crippen molar-refractivity contribution in [2.24, 2.45) is 0 Å². The summed E-state index contributed by atoms with van der Waals surface area (Å²) >= 11 is 0. The van der Waals surface area contributed by atoms with E-state index in [4.69, 9.17) is 9.47 Å². The van der Waals surface area contributed by atoms with Crippen LogP contribution in [-0.4, -0.2) is 49.6 Å². The van der Waals surface area contributed by atoms with Gasteiger partial charge < -0.3 is 19.7 Å². The lowest BCUT2D eigenvalue weighted by molar-refractivity contribution is -0.129. The molecule has 2 aliphatic heterocycles. The molecule has 6 heteroatoms. The first kappa shape index (κ1) is 20.4. The van der Waals surface area contributed by atoms with Crippen molar-refractivity contribution < 1.29 is 19.1 Å². The summed E-state index contributed by atoms with van der Waals surface area (Å²) in [7, 11) is 1.62. The second-order valence-electron chi connectivity index (χ2n) is 8.03. The van der Waals surface area contributed by atoms with E-state index in [2.05, 4.69) is 5.32 Å². The van der Waals surface area contributed by atoms with Crippen molar-refractivity contribution in [3.8, 4) is 5.75 Å². The summed E-state index contributed by atoms with van der Waals surface area (Å²) in [6.45, 7) is 1.79. The third-order valence-electron chi connectivity index (χ3n) is 6.18. The maximum absolute atomic E-state index is 13.4. The van der Waals surface area contributed by atoms with Gasteiger partial charge in [0.1, 0.15) is 5.75 Å². The number of nitrogens with zero attached hydrogens (tertiary/aromatic N) is 1. The van der Waals surface area contributed by atoms with Gasteiger partial charge in [-0.25, -0.2) is 0 Å². The first-order valence-corrected chi connectivity index (χ1v) is 10.5. The van der Waals surface area contributed by atoms with Crippen LogP contribution in [0.5, 0.6) is 5.75 Å². The lowest BCUT2D eigenvalue weighted by Crippen LogP contribution is -2.47. The zero-order valence-electron chi connectivity index (χ0n) is 17.3. The van der Waals surface area contributed by atoms with Crippen molar-refractivity contribution in [2.75, 3.05) is 26.8 Å². The Morgan fingerprint density at radius 1 is 1.20 bits per heavy atom. The largest absolute Gasteiger partial charge is 0.497 e. The van der Waals surface area contributed by atoms with Gasteiger partial charge in [-0.1, -0.05) is 42.5 Å². The third-order valence-corrected chi connectivity index (χ3v) is 6.18.